The molecule has 0 radical (unpaired) electrons. The van der Waals surface area contributed by atoms with Gasteiger partial charge in [-0.3, -0.25) is 19.2 Å². The topological polar surface area (TPSA) is 223 Å². The van der Waals surface area contributed by atoms with E-state index in [1.54, 1.807) is 33.1 Å². The fraction of sp³-hybridized carbons (Fsp3) is 0.607. The summed E-state index contributed by atoms with van der Waals surface area (Å²) in [6.07, 6.45) is 22.9. The molecule has 2 aliphatic carbocycles. The minimum atomic E-state index is -0.745. The van der Waals surface area contributed by atoms with Gasteiger partial charge >= 0.3 is 18.0 Å². The Labute approximate surface area is 484 Å². The number of aromatic amines is 1. The monoisotopic (exact) mass is 1140 g/mol. The predicted molar refractivity (Wildman–Crippen MR) is 313 cm³/mol. The van der Waals surface area contributed by atoms with E-state index < -0.39 is 22.9 Å². The summed E-state index contributed by atoms with van der Waals surface area (Å²) in [4.78, 5) is 82.3. The van der Waals surface area contributed by atoms with Crippen molar-refractivity contribution in [1.29, 1.82) is 0 Å². The van der Waals surface area contributed by atoms with Gasteiger partial charge < -0.3 is 59.6 Å². The maximum atomic E-state index is 13.9. The minimum absolute atomic E-state index is 0.00614. The maximum absolute atomic E-state index is 13.9. The number of aryl methyl sites for hydroxylation is 1. The van der Waals surface area contributed by atoms with Crippen LogP contribution in [-0.4, -0.2) is 143 Å². The van der Waals surface area contributed by atoms with Gasteiger partial charge in [0.2, 0.25) is 11.8 Å². The molecule has 8 rings (SSSR count). The molecule has 442 valence electrons. The normalized spacial score (nSPS) is 17.9. The summed E-state index contributed by atoms with van der Waals surface area (Å²) in [7, 11) is 5.16. The van der Waals surface area contributed by atoms with Crippen LogP contribution < -0.4 is 30.7 Å². The number of carbonyl (C=O) groups is 5. The number of amides is 4. The second-order valence-corrected chi connectivity index (χ2v) is 22.5. The number of H-pyrrole nitrogens is 1. The van der Waals surface area contributed by atoms with Gasteiger partial charge in [-0.05, 0) is 125 Å². The fourth-order valence-electron chi connectivity index (χ4n) is 12.6. The van der Waals surface area contributed by atoms with Crippen molar-refractivity contribution in [3.8, 4) is 11.5 Å². The van der Waals surface area contributed by atoms with Crippen LogP contribution in [0.15, 0.2) is 73.6 Å². The molecule has 0 unspecified atom stereocenters. The van der Waals surface area contributed by atoms with Crippen molar-refractivity contribution in [2.45, 2.75) is 142 Å². The lowest BCUT2D eigenvalue weighted by Crippen LogP contribution is -2.56. The zero-order valence-electron chi connectivity index (χ0n) is 48.4. The number of nitrogens with one attached hydrogen (secondary N) is 5. The van der Waals surface area contributed by atoms with E-state index in [0.717, 1.165) is 85.4 Å². The van der Waals surface area contributed by atoms with Crippen LogP contribution in [0.4, 0.5) is 4.79 Å². The Balaban J connectivity index is 0.000000234. The molecule has 4 heterocycles. The lowest BCUT2D eigenvalue weighted by molar-refractivity contribution is -0.166. The van der Waals surface area contributed by atoms with Crippen molar-refractivity contribution in [2.24, 2.45) is 29.7 Å². The Kier molecular flexibility index (Phi) is 23.6. The first-order valence-electron chi connectivity index (χ1n) is 29.5. The Morgan fingerprint density at radius 1 is 0.667 bits per heavy atom. The number of nitrogens with zero attached hydrogens (tertiary/aromatic N) is 5. The predicted octanol–water partition coefficient (Wildman–Crippen LogP) is 7.42. The van der Waals surface area contributed by atoms with E-state index in [-0.39, 0.29) is 29.8 Å². The molecule has 2 saturated carbocycles. The number of aromatic nitrogens is 4. The standard InChI is InChI=1S/C31H45N5O5.C30H43N5O4S/c1-4-41-29(38)31(24-8-6-5-7-9-24)15-18-36(19-16-31)28(37)27(20-23-10-12-26(40-3)13-11-23)34-30(39)33-17-14-25-21-32-22-35(25)2;1-3-39-28(37)30(23-7-5-4-6-8-23)14-17-35(18-15-30)27(36)26(19-22-9-11-25(38-2)12-10-22)34-29(40)32-16-13-24-20-31-21-33-24/h10-13,21-22,24,27H,4-9,14-20H2,1-3H3,(H2,33,34,39);9-12,20-21,23,26H,3-8,13-19H2,1-2H3,(H,31,33)(H2,32,34,40)/t27-;26-/m11/s1. The Bertz CT molecular complexity index is 2600. The van der Waals surface area contributed by atoms with Crippen LogP contribution in [-0.2, 0) is 61.4 Å². The van der Waals surface area contributed by atoms with Gasteiger partial charge in [-0.2, -0.15) is 0 Å². The highest BCUT2D eigenvalue weighted by Crippen LogP contribution is 2.48. The number of hydrogen-bond acceptors (Lipinski definition) is 12. The third kappa shape index (κ3) is 16.9. The first-order valence-corrected chi connectivity index (χ1v) is 29.9. The van der Waals surface area contributed by atoms with E-state index in [0.29, 0.717) is 121 Å². The number of likely N-dealkylation sites (tertiary alicyclic amines) is 2. The van der Waals surface area contributed by atoms with Crippen LogP contribution in [0.5, 0.6) is 11.5 Å². The van der Waals surface area contributed by atoms with Gasteiger partial charge in [-0.25, -0.2) is 14.8 Å². The summed E-state index contributed by atoms with van der Waals surface area (Å²) in [5, 5.41) is 12.7. The van der Waals surface area contributed by atoms with Gasteiger partial charge in [0.15, 0.2) is 5.11 Å². The number of rotatable bonds is 22. The highest BCUT2D eigenvalue weighted by molar-refractivity contribution is 7.80. The van der Waals surface area contributed by atoms with Crippen LogP contribution in [0, 0.1) is 22.7 Å². The quantitative estimate of drug-likeness (QED) is 0.0382. The van der Waals surface area contributed by atoms with E-state index in [1.807, 2.05) is 90.0 Å². The zero-order valence-corrected chi connectivity index (χ0v) is 49.3. The van der Waals surface area contributed by atoms with Crippen molar-refractivity contribution >= 4 is 47.1 Å². The molecule has 2 saturated heterocycles. The van der Waals surface area contributed by atoms with Crippen molar-refractivity contribution in [2.75, 3.05) is 66.7 Å². The van der Waals surface area contributed by atoms with Crippen molar-refractivity contribution in [1.82, 2.24) is 50.6 Å². The van der Waals surface area contributed by atoms with E-state index in [1.165, 1.54) is 12.8 Å². The van der Waals surface area contributed by atoms with Gasteiger partial charge in [0, 0.05) is 90.1 Å². The van der Waals surface area contributed by atoms with E-state index in [9.17, 15) is 24.0 Å². The molecule has 2 aromatic heterocycles. The van der Waals surface area contributed by atoms with Crippen LogP contribution in [0.25, 0.3) is 0 Å². The number of hydrogen-bond donors (Lipinski definition) is 5. The number of thiocarbonyl (C=S) groups is 1. The number of ether oxygens (including phenoxy) is 4. The van der Waals surface area contributed by atoms with E-state index in [4.69, 9.17) is 31.2 Å². The molecule has 4 amide bonds. The van der Waals surface area contributed by atoms with Crippen molar-refractivity contribution < 1.29 is 42.9 Å². The maximum Gasteiger partial charge on any atom is 0.315 e. The van der Waals surface area contributed by atoms with Crippen molar-refractivity contribution in [3.05, 3.63) is 96.1 Å². The number of carbonyl (C=O) groups excluding carboxylic acids is 5. The van der Waals surface area contributed by atoms with Crippen LogP contribution in [0.1, 0.15) is 126 Å². The third-order valence-corrected chi connectivity index (χ3v) is 17.5. The molecule has 19 nitrogen and oxygen atoms in total. The van der Waals surface area contributed by atoms with Gasteiger partial charge in [0.25, 0.3) is 0 Å². The molecular weight excluding hydrogens is 1050 g/mol. The average molecular weight is 1140 g/mol. The second kappa shape index (κ2) is 30.9. The molecule has 4 fully saturated rings. The Morgan fingerprint density at radius 3 is 1.56 bits per heavy atom. The van der Waals surface area contributed by atoms with E-state index in [2.05, 4.69) is 36.2 Å². The van der Waals surface area contributed by atoms with Crippen molar-refractivity contribution in [3.63, 3.8) is 0 Å². The average Bonchev–Trinajstić information content (AvgIpc) is 4.20. The molecule has 2 atom stereocenters. The van der Waals surface area contributed by atoms with Gasteiger partial charge in [-0.15, -0.1) is 0 Å². The minimum Gasteiger partial charge on any atom is -0.497 e. The molecule has 5 N–H and O–H groups in total. The summed E-state index contributed by atoms with van der Waals surface area (Å²) < 4.78 is 23.7. The molecule has 4 aromatic rings. The smallest absolute Gasteiger partial charge is 0.315 e. The first-order chi connectivity index (χ1) is 39.3. The van der Waals surface area contributed by atoms with Crippen LogP contribution in [0.2, 0.25) is 0 Å². The molecule has 2 aliphatic heterocycles. The van der Waals surface area contributed by atoms with E-state index >= 15 is 0 Å². The molecule has 20 heteroatoms. The summed E-state index contributed by atoms with van der Waals surface area (Å²) in [6, 6.07) is 13.6. The Hall–Kier alpha value is -6.70. The highest BCUT2D eigenvalue weighted by Gasteiger charge is 2.51. The summed E-state index contributed by atoms with van der Waals surface area (Å²) >= 11 is 5.58. The summed E-state index contributed by atoms with van der Waals surface area (Å²) in [5.74, 6) is 1.79. The Morgan fingerprint density at radius 2 is 1.14 bits per heavy atom. The lowest BCUT2D eigenvalue weighted by atomic mass is 9.63. The number of urea groups is 1. The van der Waals surface area contributed by atoms with Gasteiger partial charge in [-0.1, -0.05) is 62.8 Å². The van der Waals surface area contributed by atoms with Gasteiger partial charge in [0.05, 0.1) is 56.6 Å². The number of imidazole rings is 2. The second-order valence-electron chi connectivity index (χ2n) is 22.1. The number of benzene rings is 2. The summed E-state index contributed by atoms with van der Waals surface area (Å²) in [6.45, 7) is 7.49. The van der Waals surface area contributed by atoms with Crippen LogP contribution in [0.3, 0.4) is 0 Å². The molecule has 4 aliphatic rings. The number of methoxy groups -OCH3 is 2. The number of esters is 2. The highest BCUT2D eigenvalue weighted by atomic mass is 32.1. The molecular formula is C61H88N10O9S. The zero-order chi connectivity index (χ0) is 57.6. The third-order valence-electron chi connectivity index (χ3n) is 17.3. The SMILES string of the molecule is CCOC(=O)C1(C2CCCCC2)CCN(C(=O)[C@@H](Cc2ccc(OC)cc2)NC(=O)NCCc2cncn2C)CC1.CCOC(=O)C1(C2CCCCC2)CCN(C(=O)[C@@H](Cc2ccc(OC)cc2)NC(=S)NCCc2c[nH]cn2)CC1. The molecule has 0 spiro atoms. The molecule has 0 bridgehead atoms. The molecule has 81 heavy (non-hydrogen) atoms. The number of piperidine rings is 2. The van der Waals surface area contributed by atoms with Crippen LogP contribution >= 0.6 is 12.2 Å². The largest absolute Gasteiger partial charge is 0.497 e. The van der Waals surface area contributed by atoms with Gasteiger partial charge in [0.1, 0.15) is 23.6 Å². The summed E-state index contributed by atoms with van der Waals surface area (Å²) in [5.41, 5.74) is 2.85. The lowest BCUT2D eigenvalue weighted by Gasteiger charge is -2.46. The molecule has 2 aromatic carbocycles. The first kappa shape index (κ1) is 61.9. The fourth-order valence-corrected chi connectivity index (χ4v) is 12.8.